The monoisotopic (exact) mass is 469 g/mol. The molecule has 1 N–H and O–H groups in total. The van der Waals surface area contributed by atoms with Crippen LogP contribution in [0.25, 0.3) is 6.08 Å². The van der Waals surface area contributed by atoms with Gasteiger partial charge in [0.2, 0.25) is 5.75 Å². The first kappa shape index (κ1) is 24.2. The predicted molar refractivity (Wildman–Crippen MR) is 121 cm³/mol. The van der Waals surface area contributed by atoms with E-state index in [1.807, 2.05) is 0 Å². The van der Waals surface area contributed by atoms with Crippen molar-refractivity contribution in [2.45, 2.75) is 26.9 Å². The van der Waals surface area contributed by atoms with Crippen molar-refractivity contribution in [1.29, 1.82) is 0 Å². The fraction of sp³-hybridized carbons (Fsp3) is 0.261. The van der Waals surface area contributed by atoms with Gasteiger partial charge >= 0.3 is 11.7 Å². The second-order valence-corrected chi connectivity index (χ2v) is 7.36. The lowest BCUT2D eigenvalue weighted by atomic mass is 10.1. The van der Waals surface area contributed by atoms with Crippen LogP contribution in [0.3, 0.4) is 0 Å². The minimum atomic E-state index is -0.708. The number of benzene rings is 2. The largest absolute Gasteiger partial charge is 0.490 e. The summed E-state index contributed by atoms with van der Waals surface area (Å²) in [7, 11) is 0. The van der Waals surface area contributed by atoms with Crippen molar-refractivity contribution in [3.8, 4) is 11.5 Å². The van der Waals surface area contributed by atoms with Crippen LogP contribution in [0.4, 0.5) is 11.4 Å². The molecule has 0 bridgehead atoms. The molecule has 2 aromatic rings. The molecule has 11 heteroatoms. The van der Waals surface area contributed by atoms with Crippen LogP contribution in [0, 0.1) is 10.1 Å². The number of para-hydroxylation sites is 1. The third-order valence-corrected chi connectivity index (χ3v) is 4.47. The van der Waals surface area contributed by atoms with Gasteiger partial charge in [-0.3, -0.25) is 25.1 Å². The number of nitrogens with zero attached hydrogens (tertiary/aromatic N) is 2. The molecule has 0 spiro atoms. The Morgan fingerprint density at radius 3 is 2.50 bits per heavy atom. The summed E-state index contributed by atoms with van der Waals surface area (Å²) in [5.41, 5.74) is 2.38. The molecule has 0 aliphatic carbocycles. The van der Waals surface area contributed by atoms with Gasteiger partial charge in [0.25, 0.3) is 11.8 Å². The Morgan fingerprint density at radius 1 is 1.18 bits per heavy atom. The highest BCUT2D eigenvalue weighted by molar-refractivity contribution is 6.31. The van der Waals surface area contributed by atoms with Gasteiger partial charge in [-0.1, -0.05) is 18.2 Å². The number of esters is 1. The second kappa shape index (κ2) is 10.5. The van der Waals surface area contributed by atoms with Gasteiger partial charge < -0.3 is 14.2 Å². The zero-order chi connectivity index (χ0) is 24.8. The quantitative estimate of drug-likeness (QED) is 0.195. The van der Waals surface area contributed by atoms with E-state index in [-0.39, 0.29) is 35.3 Å². The standard InChI is InChI=1S/C23H23N3O8/c1-4-32-19-12-15(11-18(26(30)31)21(19)33-13-20(27)34-14(2)3)10-17-22(28)24-25(23(17)29)16-8-6-5-7-9-16/h5-12,14H,4,13H2,1-3H3,(H,24,28). The van der Waals surface area contributed by atoms with E-state index in [1.165, 1.54) is 12.1 Å². The van der Waals surface area contributed by atoms with Crippen molar-refractivity contribution < 1.29 is 33.5 Å². The summed E-state index contributed by atoms with van der Waals surface area (Å²) >= 11 is 0. The third kappa shape index (κ3) is 5.49. The van der Waals surface area contributed by atoms with Crippen LogP contribution in [-0.4, -0.2) is 42.0 Å². The van der Waals surface area contributed by atoms with Gasteiger partial charge in [0.1, 0.15) is 5.57 Å². The molecule has 0 saturated carbocycles. The fourth-order valence-corrected chi connectivity index (χ4v) is 3.15. The maximum Gasteiger partial charge on any atom is 0.344 e. The van der Waals surface area contributed by atoms with Crippen LogP contribution in [-0.2, 0) is 19.1 Å². The van der Waals surface area contributed by atoms with Crippen LogP contribution >= 0.6 is 0 Å². The zero-order valence-electron chi connectivity index (χ0n) is 18.8. The molecule has 0 radical (unpaired) electrons. The highest BCUT2D eigenvalue weighted by Crippen LogP contribution is 2.39. The van der Waals surface area contributed by atoms with E-state index in [0.29, 0.717) is 5.69 Å². The normalized spacial score (nSPS) is 14.4. The Labute approximate surface area is 195 Å². The molecule has 3 rings (SSSR count). The topological polar surface area (TPSA) is 137 Å². The van der Waals surface area contributed by atoms with Crippen LogP contribution in [0.5, 0.6) is 11.5 Å². The minimum absolute atomic E-state index is 0.0216. The van der Waals surface area contributed by atoms with Crippen LogP contribution in [0.2, 0.25) is 0 Å². The Hall–Kier alpha value is -4.41. The van der Waals surface area contributed by atoms with Gasteiger partial charge in [-0.05, 0) is 50.6 Å². The van der Waals surface area contributed by atoms with Gasteiger partial charge in [-0.15, -0.1) is 0 Å². The number of hydrazine groups is 1. The van der Waals surface area contributed by atoms with Crippen LogP contribution in [0.1, 0.15) is 26.3 Å². The number of hydrogen-bond donors (Lipinski definition) is 1. The first-order valence-corrected chi connectivity index (χ1v) is 10.4. The summed E-state index contributed by atoms with van der Waals surface area (Å²) in [6, 6.07) is 11.0. The number of carbonyl (C=O) groups excluding carboxylic acids is 3. The number of anilines is 1. The van der Waals surface area contributed by atoms with Gasteiger partial charge in [0.05, 0.1) is 23.3 Å². The van der Waals surface area contributed by atoms with E-state index in [1.54, 1.807) is 51.1 Å². The number of hydrogen-bond acceptors (Lipinski definition) is 8. The van der Waals surface area contributed by atoms with Crippen molar-refractivity contribution in [1.82, 2.24) is 5.43 Å². The summed E-state index contributed by atoms with van der Waals surface area (Å²) < 4.78 is 15.8. The number of nitrogens with one attached hydrogen (secondary N) is 1. The number of nitro benzene ring substituents is 1. The van der Waals surface area contributed by atoms with Gasteiger partial charge in [-0.2, -0.15) is 0 Å². The molecule has 2 amide bonds. The molecule has 0 unspecified atom stereocenters. The number of rotatable bonds is 9. The van der Waals surface area contributed by atoms with E-state index in [9.17, 15) is 24.5 Å². The fourth-order valence-electron chi connectivity index (χ4n) is 3.15. The molecule has 178 valence electrons. The Morgan fingerprint density at radius 2 is 1.88 bits per heavy atom. The summed E-state index contributed by atoms with van der Waals surface area (Å²) in [6.45, 7) is 4.57. The minimum Gasteiger partial charge on any atom is -0.490 e. The van der Waals surface area contributed by atoms with E-state index in [0.717, 1.165) is 11.1 Å². The zero-order valence-corrected chi connectivity index (χ0v) is 18.8. The number of ether oxygens (including phenoxy) is 3. The molecule has 1 saturated heterocycles. The Bertz CT molecular complexity index is 1140. The summed E-state index contributed by atoms with van der Waals surface area (Å²) in [5.74, 6) is -2.26. The first-order chi connectivity index (χ1) is 16.2. The number of carbonyl (C=O) groups is 3. The van der Waals surface area contributed by atoms with Gasteiger partial charge in [-0.25, -0.2) is 9.80 Å². The lowest BCUT2D eigenvalue weighted by Crippen LogP contribution is -2.35. The predicted octanol–water partition coefficient (Wildman–Crippen LogP) is 2.79. The Balaban J connectivity index is 1.96. The summed E-state index contributed by atoms with van der Waals surface area (Å²) in [4.78, 5) is 48.1. The van der Waals surface area contributed by atoms with Crippen molar-refractivity contribution in [3.05, 3.63) is 63.7 Å². The number of amides is 2. The molecular weight excluding hydrogens is 446 g/mol. The average molecular weight is 469 g/mol. The molecule has 11 nitrogen and oxygen atoms in total. The molecule has 1 aliphatic heterocycles. The highest BCUT2D eigenvalue weighted by Gasteiger charge is 2.35. The first-order valence-electron chi connectivity index (χ1n) is 10.4. The molecule has 34 heavy (non-hydrogen) atoms. The Kier molecular flexibility index (Phi) is 7.46. The van der Waals surface area contributed by atoms with Crippen LogP contribution in [0.15, 0.2) is 48.0 Å². The van der Waals surface area contributed by atoms with E-state index in [2.05, 4.69) is 5.43 Å². The smallest absolute Gasteiger partial charge is 0.344 e. The highest BCUT2D eigenvalue weighted by atomic mass is 16.6. The van der Waals surface area contributed by atoms with Crippen molar-refractivity contribution >= 4 is 35.2 Å². The molecular formula is C23H23N3O8. The van der Waals surface area contributed by atoms with Crippen molar-refractivity contribution in [2.75, 3.05) is 18.2 Å². The van der Waals surface area contributed by atoms with E-state index in [4.69, 9.17) is 14.2 Å². The van der Waals surface area contributed by atoms with E-state index >= 15 is 0 Å². The second-order valence-electron chi connectivity index (χ2n) is 7.36. The van der Waals surface area contributed by atoms with Gasteiger partial charge in [0.15, 0.2) is 12.4 Å². The molecule has 0 aromatic heterocycles. The maximum atomic E-state index is 12.8. The molecule has 2 aromatic carbocycles. The molecule has 0 atom stereocenters. The van der Waals surface area contributed by atoms with Crippen molar-refractivity contribution in [2.24, 2.45) is 0 Å². The summed E-state index contributed by atoms with van der Waals surface area (Å²) in [6.07, 6.45) is 0.851. The van der Waals surface area contributed by atoms with Gasteiger partial charge in [0, 0.05) is 6.07 Å². The lowest BCUT2D eigenvalue weighted by molar-refractivity contribution is -0.385. The number of nitro groups is 1. The lowest BCUT2D eigenvalue weighted by Gasteiger charge is -2.14. The molecule has 1 heterocycles. The van der Waals surface area contributed by atoms with Crippen molar-refractivity contribution in [3.63, 3.8) is 0 Å². The molecule has 1 aliphatic rings. The average Bonchev–Trinajstić information content (AvgIpc) is 3.06. The SMILES string of the molecule is CCOc1cc(C=C2C(=O)NN(c3ccccc3)C2=O)cc([N+](=O)[O-])c1OCC(=O)OC(C)C. The summed E-state index contributed by atoms with van der Waals surface area (Å²) in [5, 5.41) is 12.8. The van der Waals surface area contributed by atoms with Crippen LogP contribution < -0.4 is 19.9 Å². The third-order valence-electron chi connectivity index (χ3n) is 4.47. The maximum absolute atomic E-state index is 12.8. The molecule has 1 fully saturated rings. The van der Waals surface area contributed by atoms with E-state index < -0.39 is 35.0 Å².